The van der Waals surface area contributed by atoms with Crippen LogP contribution in [0.25, 0.3) is 5.65 Å². The predicted octanol–water partition coefficient (Wildman–Crippen LogP) is 0.814. The molecule has 3 aromatic heterocycles. The normalized spacial score (nSPS) is 15.8. The number of carbonyl (C=O) groups is 1. The molecule has 0 aromatic carbocycles. The van der Waals surface area contributed by atoms with E-state index in [1.54, 1.807) is 6.92 Å². The molecule has 0 radical (unpaired) electrons. The number of nitrogens with one attached hydrogen (secondary N) is 1. The lowest BCUT2D eigenvalue weighted by Crippen LogP contribution is -2.45. The first-order valence-corrected chi connectivity index (χ1v) is 9.67. The van der Waals surface area contributed by atoms with Gasteiger partial charge in [-0.25, -0.2) is 14.3 Å². The van der Waals surface area contributed by atoms with Crippen molar-refractivity contribution in [3.8, 4) is 0 Å². The van der Waals surface area contributed by atoms with Crippen LogP contribution in [0.4, 0.5) is 0 Å². The lowest BCUT2D eigenvalue weighted by atomic mass is 10.2. The Labute approximate surface area is 167 Å². The molecule has 10 heteroatoms. The molecule has 0 aliphatic carbocycles. The highest BCUT2D eigenvalue weighted by Crippen LogP contribution is 2.13. The summed E-state index contributed by atoms with van der Waals surface area (Å²) in [6.45, 7) is 8.71. The monoisotopic (exact) mass is 400 g/mol. The fourth-order valence-electron chi connectivity index (χ4n) is 3.53. The number of fused-ring (bicyclic) bond motifs is 1. The molecule has 4 heterocycles. The number of carbonyl (C=O) groups excluding carboxylic acids is 1. The van der Waals surface area contributed by atoms with Crippen LogP contribution < -0.4 is 5.56 Å². The number of aromatic amines is 1. The summed E-state index contributed by atoms with van der Waals surface area (Å²) in [5, 5.41) is 6.81. The molecule has 0 saturated carbocycles. The zero-order chi connectivity index (χ0) is 20.4. The molecule has 29 heavy (non-hydrogen) atoms. The Hall–Kier alpha value is -2.98. The van der Waals surface area contributed by atoms with Crippen molar-refractivity contribution >= 4 is 11.6 Å². The second-order valence-corrected chi connectivity index (χ2v) is 7.13. The first-order valence-electron chi connectivity index (χ1n) is 9.67. The van der Waals surface area contributed by atoms with E-state index < -0.39 is 5.97 Å². The van der Waals surface area contributed by atoms with Crippen molar-refractivity contribution in [2.75, 3.05) is 32.8 Å². The van der Waals surface area contributed by atoms with Gasteiger partial charge in [0.1, 0.15) is 11.3 Å². The van der Waals surface area contributed by atoms with Gasteiger partial charge >= 0.3 is 5.97 Å². The van der Waals surface area contributed by atoms with Gasteiger partial charge in [-0.1, -0.05) is 5.16 Å². The minimum Gasteiger partial charge on any atom is -0.462 e. The summed E-state index contributed by atoms with van der Waals surface area (Å²) in [5.41, 5.74) is 1.89. The van der Waals surface area contributed by atoms with Crippen LogP contribution in [0.3, 0.4) is 0 Å². The molecule has 1 fully saturated rings. The molecule has 1 aliphatic heterocycles. The third kappa shape index (κ3) is 4.22. The van der Waals surface area contributed by atoms with Gasteiger partial charge in [0, 0.05) is 57.6 Å². The summed E-state index contributed by atoms with van der Waals surface area (Å²) in [4.78, 5) is 33.6. The minimum atomic E-state index is -0.494. The Kier molecular flexibility index (Phi) is 5.45. The molecule has 0 amide bonds. The molecular weight excluding hydrogens is 376 g/mol. The number of H-pyrrole nitrogens is 1. The standard InChI is InChI=1S/C19H24N6O4/c1-3-28-19(27)16-10-20-25-17(26)9-14(21-18(16)25)11-23-4-6-24(7-5-23)12-15-8-13(2)29-22-15/h8-10,20H,3-7,11-12H2,1-2H3. The van der Waals surface area contributed by atoms with Gasteiger partial charge < -0.3 is 9.26 Å². The Morgan fingerprint density at radius 3 is 2.48 bits per heavy atom. The van der Waals surface area contributed by atoms with Gasteiger partial charge in [0.15, 0.2) is 5.65 Å². The topological polar surface area (TPSA) is 109 Å². The van der Waals surface area contributed by atoms with Gasteiger partial charge in [0.2, 0.25) is 0 Å². The van der Waals surface area contributed by atoms with Gasteiger partial charge in [-0.15, -0.1) is 0 Å². The van der Waals surface area contributed by atoms with E-state index >= 15 is 0 Å². The molecule has 0 unspecified atom stereocenters. The maximum absolute atomic E-state index is 12.4. The lowest BCUT2D eigenvalue weighted by Gasteiger charge is -2.33. The fraction of sp³-hybridized carbons (Fsp3) is 0.474. The highest BCUT2D eigenvalue weighted by Gasteiger charge is 2.21. The fourth-order valence-corrected chi connectivity index (χ4v) is 3.53. The number of piperazine rings is 1. The molecule has 0 spiro atoms. The zero-order valence-corrected chi connectivity index (χ0v) is 16.6. The Balaban J connectivity index is 1.42. The molecule has 1 saturated heterocycles. The zero-order valence-electron chi connectivity index (χ0n) is 16.6. The van der Waals surface area contributed by atoms with Crippen LogP contribution in [0.2, 0.25) is 0 Å². The van der Waals surface area contributed by atoms with Gasteiger partial charge in [0.05, 0.1) is 18.0 Å². The molecule has 1 aliphatic rings. The van der Waals surface area contributed by atoms with Crippen LogP contribution >= 0.6 is 0 Å². The van der Waals surface area contributed by atoms with Crippen molar-refractivity contribution in [1.82, 2.24) is 29.6 Å². The summed E-state index contributed by atoms with van der Waals surface area (Å²) in [6, 6.07) is 3.46. The number of aryl methyl sites for hydroxylation is 1. The number of hydrogen-bond donors (Lipinski definition) is 1. The first kappa shape index (κ1) is 19.3. The third-order valence-corrected chi connectivity index (χ3v) is 4.96. The predicted molar refractivity (Wildman–Crippen MR) is 104 cm³/mol. The molecule has 1 N–H and O–H groups in total. The summed E-state index contributed by atoms with van der Waals surface area (Å²) in [6.07, 6.45) is 1.45. The minimum absolute atomic E-state index is 0.249. The number of esters is 1. The van der Waals surface area contributed by atoms with Gasteiger partial charge in [-0.3, -0.25) is 19.7 Å². The molecule has 10 nitrogen and oxygen atoms in total. The van der Waals surface area contributed by atoms with Crippen molar-refractivity contribution in [3.63, 3.8) is 0 Å². The van der Waals surface area contributed by atoms with Crippen LogP contribution in [0, 0.1) is 6.92 Å². The number of ether oxygens (including phenoxy) is 1. The van der Waals surface area contributed by atoms with Crippen molar-refractivity contribution in [1.29, 1.82) is 0 Å². The van der Waals surface area contributed by atoms with Gasteiger partial charge in [0.25, 0.3) is 5.56 Å². The molecule has 4 rings (SSSR count). The largest absolute Gasteiger partial charge is 0.462 e. The second kappa shape index (κ2) is 8.18. The average Bonchev–Trinajstić information content (AvgIpc) is 3.30. The number of rotatable bonds is 6. The summed E-state index contributed by atoms with van der Waals surface area (Å²) in [7, 11) is 0. The summed E-state index contributed by atoms with van der Waals surface area (Å²) >= 11 is 0. The highest BCUT2D eigenvalue weighted by molar-refractivity contribution is 5.95. The maximum Gasteiger partial charge on any atom is 0.343 e. The Bertz CT molecular complexity index is 1060. The average molecular weight is 400 g/mol. The van der Waals surface area contributed by atoms with Crippen LogP contribution in [-0.4, -0.2) is 68.3 Å². The van der Waals surface area contributed by atoms with Gasteiger partial charge in [-0.05, 0) is 13.8 Å². The van der Waals surface area contributed by atoms with Gasteiger partial charge in [-0.2, -0.15) is 0 Å². The quantitative estimate of drug-likeness (QED) is 0.606. The molecule has 0 bridgehead atoms. The molecule has 0 atom stereocenters. The van der Waals surface area contributed by atoms with Crippen LogP contribution in [0.5, 0.6) is 0 Å². The summed E-state index contributed by atoms with van der Waals surface area (Å²) < 4.78 is 11.4. The Morgan fingerprint density at radius 1 is 1.17 bits per heavy atom. The second-order valence-electron chi connectivity index (χ2n) is 7.13. The van der Waals surface area contributed by atoms with E-state index in [-0.39, 0.29) is 17.7 Å². The van der Waals surface area contributed by atoms with E-state index in [1.165, 1.54) is 16.8 Å². The van der Waals surface area contributed by atoms with Crippen LogP contribution in [0.1, 0.15) is 34.4 Å². The number of nitrogens with zero attached hydrogens (tertiary/aromatic N) is 5. The maximum atomic E-state index is 12.4. The van der Waals surface area contributed by atoms with E-state index in [9.17, 15) is 9.59 Å². The van der Waals surface area contributed by atoms with Crippen molar-refractivity contribution in [3.05, 3.63) is 51.4 Å². The summed E-state index contributed by atoms with van der Waals surface area (Å²) in [5.74, 6) is 0.324. The molecule has 3 aromatic rings. The van der Waals surface area contributed by atoms with Crippen molar-refractivity contribution in [2.45, 2.75) is 26.9 Å². The molecule has 154 valence electrons. The smallest absolute Gasteiger partial charge is 0.343 e. The Morgan fingerprint density at radius 2 is 1.86 bits per heavy atom. The number of aromatic nitrogens is 4. The number of hydrogen-bond acceptors (Lipinski definition) is 8. The first-order chi connectivity index (χ1) is 14.0. The third-order valence-electron chi connectivity index (χ3n) is 4.96. The molecular formula is C19H24N6O4. The van der Waals surface area contributed by atoms with E-state index in [0.717, 1.165) is 44.2 Å². The van der Waals surface area contributed by atoms with Crippen LogP contribution in [0.15, 0.2) is 27.6 Å². The van der Waals surface area contributed by atoms with Crippen molar-refractivity contribution in [2.24, 2.45) is 0 Å². The lowest BCUT2D eigenvalue weighted by molar-refractivity contribution is 0.0528. The SMILES string of the molecule is CCOC(=O)c1c[nH]n2c(=O)cc(CN3CCN(Cc4cc(C)on4)CC3)nc12. The highest BCUT2D eigenvalue weighted by atomic mass is 16.5. The van der Waals surface area contributed by atoms with Crippen molar-refractivity contribution < 1.29 is 14.1 Å². The van der Waals surface area contributed by atoms with E-state index in [2.05, 4.69) is 25.0 Å². The van der Waals surface area contributed by atoms with E-state index in [0.29, 0.717) is 17.9 Å². The van der Waals surface area contributed by atoms with E-state index in [1.807, 2.05) is 13.0 Å². The van der Waals surface area contributed by atoms with E-state index in [4.69, 9.17) is 9.26 Å². The van der Waals surface area contributed by atoms with Crippen LogP contribution in [-0.2, 0) is 17.8 Å².